The number of carbonyl (C=O) groups excluding carboxylic acids is 1. The van der Waals surface area contributed by atoms with Crippen LogP contribution in [-0.4, -0.2) is 37.3 Å². The zero-order chi connectivity index (χ0) is 16.3. The third-order valence-electron chi connectivity index (χ3n) is 3.98. The molecule has 1 amide bonds. The third kappa shape index (κ3) is 4.20. The number of sulfone groups is 1. The van der Waals surface area contributed by atoms with Gasteiger partial charge in [0.25, 0.3) is 0 Å². The van der Waals surface area contributed by atoms with E-state index >= 15 is 0 Å². The number of benzene rings is 1. The van der Waals surface area contributed by atoms with Crippen LogP contribution in [0.1, 0.15) is 31.2 Å². The molecule has 0 aromatic heterocycles. The average molecular weight is 348 g/mol. The quantitative estimate of drug-likeness (QED) is 0.823. The Hall–Kier alpha value is -1.14. The van der Waals surface area contributed by atoms with E-state index in [1.54, 1.807) is 0 Å². The fourth-order valence-corrected chi connectivity index (χ4v) is 4.72. The van der Waals surface area contributed by atoms with Gasteiger partial charge in [-0.3, -0.25) is 4.79 Å². The van der Waals surface area contributed by atoms with E-state index in [-0.39, 0.29) is 16.8 Å². The number of carbonyl (C=O) groups is 1. The Labute approximate surface area is 135 Å². The minimum atomic E-state index is -3.40. The van der Waals surface area contributed by atoms with Crippen LogP contribution in [0.25, 0.3) is 0 Å². The molecule has 1 aromatic carbocycles. The summed E-state index contributed by atoms with van der Waals surface area (Å²) >= 11 is 5.92. The summed E-state index contributed by atoms with van der Waals surface area (Å²) < 4.78 is 37.4. The van der Waals surface area contributed by atoms with Gasteiger partial charge in [-0.1, -0.05) is 30.5 Å². The van der Waals surface area contributed by atoms with Gasteiger partial charge in [-0.25, -0.2) is 12.8 Å². The van der Waals surface area contributed by atoms with Crippen molar-refractivity contribution in [1.82, 2.24) is 4.90 Å². The molecule has 0 heterocycles. The summed E-state index contributed by atoms with van der Waals surface area (Å²) in [5.74, 6) is -1.40. The zero-order valence-electron chi connectivity index (χ0n) is 12.4. The number of amides is 1. The van der Waals surface area contributed by atoms with E-state index in [0.717, 1.165) is 12.8 Å². The molecule has 22 heavy (non-hydrogen) atoms. The predicted octanol–water partition coefficient (Wildman–Crippen LogP) is 2.79. The lowest BCUT2D eigenvalue weighted by atomic mass is 10.2. The van der Waals surface area contributed by atoms with Gasteiger partial charge in [-0.2, -0.15) is 0 Å². The highest BCUT2D eigenvalue weighted by atomic mass is 35.5. The number of hydrogen-bond acceptors (Lipinski definition) is 3. The predicted molar refractivity (Wildman–Crippen MR) is 83.9 cm³/mol. The van der Waals surface area contributed by atoms with E-state index in [4.69, 9.17) is 11.6 Å². The summed E-state index contributed by atoms with van der Waals surface area (Å²) in [5, 5.41) is -0.169. The SMILES string of the molecule is CN(Cc1ccc(F)cc1Cl)C(=O)CS(=O)(=O)C1CCCC1. The first kappa shape index (κ1) is 17.2. The van der Waals surface area contributed by atoms with Gasteiger partial charge in [-0.05, 0) is 30.5 Å². The van der Waals surface area contributed by atoms with Crippen LogP contribution in [0.2, 0.25) is 5.02 Å². The van der Waals surface area contributed by atoms with Gasteiger partial charge in [0.05, 0.1) is 5.25 Å². The highest BCUT2D eigenvalue weighted by Crippen LogP contribution is 2.25. The lowest BCUT2D eigenvalue weighted by Gasteiger charge is -2.19. The molecule has 1 aliphatic rings. The second-order valence-corrected chi connectivity index (χ2v) is 8.39. The number of nitrogens with zero attached hydrogens (tertiary/aromatic N) is 1. The van der Waals surface area contributed by atoms with Gasteiger partial charge in [0.2, 0.25) is 5.91 Å². The van der Waals surface area contributed by atoms with Crippen LogP contribution >= 0.6 is 11.6 Å². The summed E-state index contributed by atoms with van der Waals surface area (Å²) in [4.78, 5) is 13.4. The fourth-order valence-electron chi connectivity index (χ4n) is 2.64. The van der Waals surface area contributed by atoms with Gasteiger partial charge >= 0.3 is 0 Å². The second-order valence-electron chi connectivity index (χ2n) is 5.70. The van der Waals surface area contributed by atoms with Crippen molar-refractivity contribution in [3.8, 4) is 0 Å². The monoisotopic (exact) mass is 347 g/mol. The molecule has 7 heteroatoms. The van der Waals surface area contributed by atoms with Crippen molar-refractivity contribution < 1.29 is 17.6 Å². The molecule has 1 aromatic rings. The Morgan fingerprint density at radius 3 is 2.59 bits per heavy atom. The molecule has 0 N–H and O–H groups in total. The maximum atomic E-state index is 13.0. The molecular formula is C15H19ClFNO3S. The van der Waals surface area contributed by atoms with Crippen molar-refractivity contribution >= 4 is 27.3 Å². The molecule has 2 rings (SSSR count). The Bertz CT molecular complexity index is 657. The molecule has 0 spiro atoms. The van der Waals surface area contributed by atoms with Crippen LogP contribution in [0.3, 0.4) is 0 Å². The van der Waals surface area contributed by atoms with Crippen molar-refractivity contribution in [3.63, 3.8) is 0 Å². The van der Waals surface area contributed by atoms with Gasteiger partial charge in [0, 0.05) is 18.6 Å². The molecule has 0 aliphatic heterocycles. The van der Waals surface area contributed by atoms with Gasteiger partial charge < -0.3 is 4.90 Å². The minimum Gasteiger partial charge on any atom is -0.340 e. The molecular weight excluding hydrogens is 329 g/mol. The topological polar surface area (TPSA) is 54.5 Å². The molecule has 122 valence electrons. The van der Waals surface area contributed by atoms with Gasteiger partial charge in [-0.15, -0.1) is 0 Å². The van der Waals surface area contributed by atoms with Crippen molar-refractivity contribution in [3.05, 3.63) is 34.6 Å². The van der Waals surface area contributed by atoms with Gasteiger partial charge in [0.1, 0.15) is 11.6 Å². The Morgan fingerprint density at radius 1 is 1.36 bits per heavy atom. The number of halogens is 2. The summed E-state index contributed by atoms with van der Waals surface area (Å²) in [6.45, 7) is 0.151. The molecule has 0 saturated heterocycles. The van der Waals surface area contributed by atoms with Crippen LogP contribution < -0.4 is 0 Å². The average Bonchev–Trinajstić information content (AvgIpc) is 2.96. The molecule has 0 radical (unpaired) electrons. The molecule has 4 nitrogen and oxygen atoms in total. The van der Waals surface area contributed by atoms with Crippen LogP contribution in [0.5, 0.6) is 0 Å². The molecule has 1 fully saturated rings. The van der Waals surface area contributed by atoms with Crippen LogP contribution in [-0.2, 0) is 21.2 Å². The summed E-state index contributed by atoms with van der Waals surface area (Å²) in [5.41, 5.74) is 0.581. The maximum Gasteiger partial charge on any atom is 0.237 e. The normalized spacial score (nSPS) is 16.0. The highest BCUT2D eigenvalue weighted by molar-refractivity contribution is 7.92. The van der Waals surface area contributed by atoms with Crippen LogP contribution in [0.4, 0.5) is 4.39 Å². The van der Waals surface area contributed by atoms with E-state index in [0.29, 0.717) is 18.4 Å². The molecule has 1 saturated carbocycles. The van der Waals surface area contributed by atoms with E-state index in [1.165, 1.54) is 30.1 Å². The lowest BCUT2D eigenvalue weighted by Crippen LogP contribution is -2.35. The standard InChI is InChI=1S/C15H19ClFNO3S/c1-18(9-11-6-7-12(17)8-14(11)16)15(19)10-22(20,21)13-4-2-3-5-13/h6-8,13H,2-5,9-10H2,1H3. The Kier molecular flexibility index (Phi) is 5.45. The number of rotatable bonds is 5. The Balaban J connectivity index is 2.00. The van der Waals surface area contributed by atoms with Crippen LogP contribution in [0, 0.1) is 5.82 Å². The first-order chi connectivity index (χ1) is 10.3. The van der Waals surface area contributed by atoms with Gasteiger partial charge in [0.15, 0.2) is 9.84 Å². The molecule has 0 atom stereocenters. The summed E-state index contributed by atoms with van der Waals surface area (Å²) in [7, 11) is -1.88. The fraction of sp³-hybridized carbons (Fsp3) is 0.533. The summed E-state index contributed by atoms with van der Waals surface area (Å²) in [6.07, 6.45) is 3.09. The van der Waals surface area contributed by atoms with Crippen LogP contribution in [0.15, 0.2) is 18.2 Å². The van der Waals surface area contributed by atoms with Crippen molar-refractivity contribution in [2.45, 2.75) is 37.5 Å². The molecule has 0 unspecified atom stereocenters. The maximum absolute atomic E-state index is 13.0. The first-order valence-corrected chi connectivity index (χ1v) is 9.28. The second kappa shape index (κ2) is 6.96. The largest absolute Gasteiger partial charge is 0.340 e. The van der Waals surface area contributed by atoms with E-state index in [2.05, 4.69) is 0 Å². The smallest absolute Gasteiger partial charge is 0.237 e. The highest BCUT2D eigenvalue weighted by Gasteiger charge is 2.31. The third-order valence-corrected chi connectivity index (χ3v) is 6.47. The molecule has 0 bridgehead atoms. The van der Waals surface area contributed by atoms with Crippen molar-refractivity contribution in [2.75, 3.05) is 12.8 Å². The van der Waals surface area contributed by atoms with E-state index in [1.807, 2.05) is 0 Å². The van der Waals surface area contributed by atoms with Crippen molar-refractivity contribution in [1.29, 1.82) is 0 Å². The zero-order valence-corrected chi connectivity index (χ0v) is 14.0. The Morgan fingerprint density at radius 2 is 2.00 bits per heavy atom. The van der Waals surface area contributed by atoms with E-state index in [9.17, 15) is 17.6 Å². The first-order valence-electron chi connectivity index (χ1n) is 7.19. The van der Waals surface area contributed by atoms with Crippen molar-refractivity contribution in [2.24, 2.45) is 0 Å². The lowest BCUT2D eigenvalue weighted by molar-refractivity contribution is -0.127. The molecule has 1 aliphatic carbocycles. The summed E-state index contributed by atoms with van der Waals surface area (Å²) in [6, 6.07) is 3.92. The number of hydrogen-bond donors (Lipinski definition) is 0. The minimum absolute atomic E-state index is 0.151. The van der Waals surface area contributed by atoms with E-state index < -0.39 is 27.3 Å².